The van der Waals surface area contributed by atoms with E-state index in [1.165, 1.54) is 116 Å². The molecule has 3 aliphatic rings. The Kier molecular flexibility index (Phi) is 26.8. The molecule has 0 aromatic carbocycles. The molecule has 0 aromatic rings. The Morgan fingerprint density at radius 1 is 0.409 bits per heavy atom. The number of rotatable bonds is 0. The van der Waals surface area contributed by atoms with Crippen molar-refractivity contribution in [1.82, 2.24) is 0 Å². The van der Waals surface area contributed by atoms with Crippen LogP contribution in [0.1, 0.15) is 122 Å². The quantitative estimate of drug-likeness (QED) is 0.280. The minimum Gasteiger partial charge on any atom is -0.103 e. The fourth-order valence-electron chi connectivity index (χ4n) is 3.18. The molecule has 3 rings (SSSR count). The summed E-state index contributed by atoms with van der Waals surface area (Å²) in [6.07, 6.45) is 28.8. The van der Waals surface area contributed by atoms with E-state index in [1.54, 1.807) is 6.08 Å². The second-order valence-corrected chi connectivity index (χ2v) is 6.77. The smallest absolute Gasteiger partial charge is 0 e. The van der Waals surface area contributed by atoms with Gasteiger partial charge >= 0.3 is 0 Å². The number of allylic oxidation sites excluding steroid dienone is 1. The predicted octanol–water partition coefficient (Wildman–Crippen LogP) is 7.83. The van der Waals surface area contributed by atoms with Gasteiger partial charge < -0.3 is 0 Å². The van der Waals surface area contributed by atoms with E-state index >= 15 is 0 Å². The summed E-state index contributed by atoms with van der Waals surface area (Å²) < 4.78 is 0. The summed E-state index contributed by atoms with van der Waals surface area (Å²) in [5, 5.41) is 0. The largest absolute Gasteiger partial charge is 0.103 e. The number of hydrogen-bond donors (Lipinski definition) is 0. The third kappa shape index (κ3) is 22.8. The molecule has 0 nitrogen and oxygen atoms in total. The van der Waals surface area contributed by atoms with Gasteiger partial charge in [0.25, 0.3) is 0 Å². The van der Waals surface area contributed by atoms with Gasteiger partial charge in [0.2, 0.25) is 0 Å². The van der Waals surface area contributed by atoms with Crippen molar-refractivity contribution in [1.29, 1.82) is 0 Å². The standard InChI is InChI=1S/3C6H12.C3H6.Sn/c3*1-2-4-6-5-3-1;1-3-2;/h3*1-6H2;3H,1H2,2H3;. The molecule has 22 heavy (non-hydrogen) atoms. The van der Waals surface area contributed by atoms with Crippen LogP contribution in [0.2, 0.25) is 0 Å². The minimum atomic E-state index is 0. The Morgan fingerprint density at radius 3 is 0.500 bits per heavy atom. The monoisotopic (exact) mass is 414 g/mol. The molecule has 0 bridgehead atoms. The first kappa shape index (κ1) is 24.8. The Labute approximate surface area is 158 Å². The van der Waals surface area contributed by atoms with Gasteiger partial charge in [0.1, 0.15) is 0 Å². The summed E-state index contributed by atoms with van der Waals surface area (Å²) in [6, 6.07) is 0. The molecule has 0 unspecified atom stereocenters. The first-order chi connectivity index (χ1) is 10.4. The van der Waals surface area contributed by atoms with Crippen LogP contribution in [-0.2, 0) is 0 Å². The van der Waals surface area contributed by atoms with Crippen LogP contribution in [0.25, 0.3) is 0 Å². The van der Waals surface area contributed by atoms with Crippen molar-refractivity contribution in [3.05, 3.63) is 12.7 Å². The van der Waals surface area contributed by atoms with Crippen LogP contribution in [0.3, 0.4) is 0 Å². The van der Waals surface area contributed by atoms with E-state index in [-0.39, 0.29) is 23.9 Å². The summed E-state index contributed by atoms with van der Waals surface area (Å²) in [7, 11) is 0. The molecule has 0 aliphatic heterocycles. The molecule has 0 aromatic heterocycles. The SMILES string of the molecule is C1CCCCC1.C1CCCCC1.C1CCCCC1.C=CC.[Sn]. The van der Waals surface area contributed by atoms with Crippen molar-refractivity contribution < 1.29 is 0 Å². The molecule has 0 heterocycles. The van der Waals surface area contributed by atoms with Crippen molar-refractivity contribution in [2.24, 2.45) is 0 Å². The molecule has 130 valence electrons. The van der Waals surface area contributed by atoms with Gasteiger partial charge in [-0.3, -0.25) is 0 Å². The third-order valence-electron chi connectivity index (χ3n) is 4.50. The summed E-state index contributed by atoms with van der Waals surface area (Å²) >= 11 is 0. The zero-order chi connectivity index (χ0) is 15.4. The first-order valence-electron chi connectivity index (χ1n) is 9.99. The van der Waals surface area contributed by atoms with E-state index < -0.39 is 0 Å². The Morgan fingerprint density at radius 2 is 0.455 bits per heavy atom. The molecule has 0 atom stereocenters. The van der Waals surface area contributed by atoms with Gasteiger partial charge in [-0.1, -0.05) is 122 Å². The molecule has 3 fully saturated rings. The van der Waals surface area contributed by atoms with Gasteiger partial charge in [-0.05, 0) is 6.92 Å². The van der Waals surface area contributed by atoms with Gasteiger partial charge in [0.15, 0.2) is 0 Å². The molecule has 1 heteroatoms. The topological polar surface area (TPSA) is 0 Å². The predicted molar refractivity (Wildman–Crippen MR) is 105 cm³/mol. The molecular formula is C21H42Sn. The average Bonchev–Trinajstić information content (AvgIpc) is 2.61. The third-order valence-corrected chi connectivity index (χ3v) is 4.50. The average molecular weight is 413 g/mol. The van der Waals surface area contributed by atoms with Gasteiger partial charge in [0, 0.05) is 23.9 Å². The normalized spacial score (nSPS) is 20.2. The number of hydrogen-bond acceptors (Lipinski definition) is 0. The van der Waals surface area contributed by atoms with E-state index in [2.05, 4.69) is 6.58 Å². The molecular weight excluding hydrogens is 371 g/mol. The van der Waals surface area contributed by atoms with Crippen LogP contribution in [0.5, 0.6) is 0 Å². The van der Waals surface area contributed by atoms with Crippen LogP contribution in [0, 0.1) is 0 Å². The molecule has 0 N–H and O–H groups in total. The van der Waals surface area contributed by atoms with E-state index in [9.17, 15) is 0 Å². The van der Waals surface area contributed by atoms with Crippen LogP contribution in [0.4, 0.5) is 0 Å². The van der Waals surface area contributed by atoms with Crippen LogP contribution in [0.15, 0.2) is 12.7 Å². The van der Waals surface area contributed by atoms with E-state index in [0.29, 0.717) is 0 Å². The maximum Gasteiger partial charge on any atom is 0 e. The Hall–Kier alpha value is 0.539. The summed E-state index contributed by atoms with van der Waals surface area (Å²) in [5.41, 5.74) is 0. The first-order valence-corrected chi connectivity index (χ1v) is 9.99. The molecule has 3 saturated carbocycles. The maximum absolute atomic E-state index is 3.36. The molecule has 0 saturated heterocycles. The molecule has 3 aliphatic carbocycles. The Bertz CT molecular complexity index is 113. The summed E-state index contributed by atoms with van der Waals surface area (Å²) in [5.74, 6) is 0. The van der Waals surface area contributed by atoms with E-state index in [4.69, 9.17) is 0 Å². The van der Waals surface area contributed by atoms with Crippen molar-refractivity contribution in [2.75, 3.05) is 0 Å². The fraction of sp³-hybridized carbons (Fsp3) is 0.905. The summed E-state index contributed by atoms with van der Waals surface area (Å²) in [4.78, 5) is 0. The van der Waals surface area contributed by atoms with E-state index in [0.717, 1.165) is 0 Å². The second-order valence-electron chi connectivity index (χ2n) is 6.77. The zero-order valence-electron chi connectivity index (χ0n) is 15.5. The fourth-order valence-corrected chi connectivity index (χ4v) is 3.18. The van der Waals surface area contributed by atoms with Gasteiger partial charge in [0.05, 0.1) is 0 Å². The van der Waals surface area contributed by atoms with Crippen molar-refractivity contribution in [3.8, 4) is 0 Å². The molecule has 0 amide bonds. The van der Waals surface area contributed by atoms with Gasteiger partial charge in [-0.15, -0.1) is 6.58 Å². The molecule has 4 radical (unpaired) electrons. The van der Waals surface area contributed by atoms with Gasteiger partial charge in [-0.2, -0.15) is 0 Å². The van der Waals surface area contributed by atoms with Crippen molar-refractivity contribution >= 4 is 23.9 Å². The van der Waals surface area contributed by atoms with Crippen molar-refractivity contribution in [3.63, 3.8) is 0 Å². The minimum absolute atomic E-state index is 0. The zero-order valence-corrected chi connectivity index (χ0v) is 18.4. The van der Waals surface area contributed by atoms with E-state index in [1.807, 2.05) is 6.92 Å². The summed E-state index contributed by atoms with van der Waals surface area (Å²) in [6.45, 7) is 5.25. The van der Waals surface area contributed by atoms with Crippen molar-refractivity contribution in [2.45, 2.75) is 122 Å². The van der Waals surface area contributed by atoms with Gasteiger partial charge in [-0.25, -0.2) is 0 Å². The Balaban J connectivity index is 0. The van der Waals surface area contributed by atoms with Crippen LogP contribution < -0.4 is 0 Å². The maximum atomic E-state index is 3.36. The van der Waals surface area contributed by atoms with Crippen LogP contribution >= 0.6 is 0 Å². The van der Waals surface area contributed by atoms with Crippen LogP contribution in [-0.4, -0.2) is 23.9 Å². The molecule has 0 spiro atoms. The second kappa shape index (κ2) is 23.8.